The number of aromatic nitrogens is 4. The molecule has 10 heteroatoms. The summed E-state index contributed by atoms with van der Waals surface area (Å²) in [4.78, 5) is 4.35. The van der Waals surface area contributed by atoms with E-state index in [-0.39, 0.29) is 0 Å². The van der Waals surface area contributed by atoms with Gasteiger partial charge in [-0.1, -0.05) is 0 Å². The summed E-state index contributed by atoms with van der Waals surface area (Å²) >= 11 is 0. The molecule has 0 atom stereocenters. The molecule has 6 N–H and O–H groups in total. The molecule has 2 aromatic heterocycles. The van der Waals surface area contributed by atoms with Gasteiger partial charge in [-0.05, 0) is 24.3 Å². The van der Waals surface area contributed by atoms with Gasteiger partial charge in [0.1, 0.15) is 0 Å². The first-order valence-electron chi connectivity index (χ1n) is 6.91. The topological polar surface area (TPSA) is 134 Å². The number of hydrazine groups is 2. The average molecular weight is 302 g/mol. The summed E-state index contributed by atoms with van der Waals surface area (Å²) in [6.07, 6.45) is 0. The van der Waals surface area contributed by atoms with Gasteiger partial charge in [0.2, 0.25) is 0 Å². The SMILES string of the molecule is NNc1ccc(N2CCN(c3ccc(NN)nn3)CC2)nn1. The third-order valence-corrected chi connectivity index (χ3v) is 3.52. The van der Waals surface area contributed by atoms with E-state index in [1.54, 1.807) is 12.1 Å². The lowest BCUT2D eigenvalue weighted by Crippen LogP contribution is -2.47. The van der Waals surface area contributed by atoms with Crippen LogP contribution in [0.2, 0.25) is 0 Å². The summed E-state index contributed by atoms with van der Waals surface area (Å²) in [6.45, 7) is 3.34. The first-order chi connectivity index (χ1) is 10.8. The van der Waals surface area contributed by atoms with E-state index in [4.69, 9.17) is 11.7 Å². The number of anilines is 4. The van der Waals surface area contributed by atoms with Crippen LogP contribution in [0.1, 0.15) is 0 Å². The van der Waals surface area contributed by atoms with Crippen LogP contribution in [-0.2, 0) is 0 Å². The number of nitrogen functional groups attached to an aromatic ring is 2. The summed E-state index contributed by atoms with van der Waals surface area (Å²) in [5.74, 6) is 13.3. The Bertz CT molecular complexity index is 535. The zero-order valence-electron chi connectivity index (χ0n) is 12.0. The molecule has 2 aromatic rings. The first-order valence-corrected chi connectivity index (χ1v) is 6.91. The van der Waals surface area contributed by atoms with Gasteiger partial charge < -0.3 is 20.7 Å². The van der Waals surface area contributed by atoms with E-state index in [1.807, 2.05) is 12.1 Å². The van der Waals surface area contributed by atoms with Crippen molar-refractivity contribution in [1.29, 1.82) is 0 Å². The van der Waals surface area contributed by atoms with Crippen LogP contribution >= 0.6 is 0 Å². The number of nitrogens with two attached hydrogens (primary N) is 2. The number of hydrogen-bond donors (Lipinski definition) is 4. The molecule has 1 aliphatic heterocycles. The third-order valence-electron chi connectivity index (χ3n) is 3.52. The highest BCUT2D eigenvalue weighted by Gasteiger charge is 2.19. The Morgan fingerprint density at radius 1 is 0.682 bits per heavy atom. The molecule has 0 aliphatic carbocycles. The second-order valence-corrected chi connectivity index (χ2v) is 4.82. The highest BCUT2D eigenvalue weighted by Crippen LogP contribution is 2.17. The fourth-order valence-corrected chi connectivity index (χ4v) is 2.31. The molecule has 0 amide bonds. The van der Waals surface area contributed by atoms with Crippen molar-refractivity contribution in [3.8, 4) is 0 Å². The molecule has 116 valence electrons. The molecule has 0 radical (unpaired) electrons. The van der Waals surface area contributed by atoms with E-state index in [0.29, 0.717) is 11.6 Å². The Labute approximate surface area is 127 Å². The maximum Gasteiger partial charge on any atom is 0.162 e. The van der Waals surface area contributed by atoms with Crippen molar-refractivity contribution in [2.24, 2.45) is 11.7 Å². The van der Waals surface area contributed by atoms with Crippen molar-refractivity contribution in [2.75, 3.05) is 46.8 Å². The molecule has 0 spiro atoms. The first kappa shape index (κ1) is 14.2. The van der Waals surface area contributed by atoms with E-state index < -0.39 is 0 Å². The number of piperazine rings is 1. The van der Waals surface area contributed by atoms with Gasteiger partial charge in [-0.2, -0.15) is 0 Å². The number of nitrogens with zero attached hydrogens (tertiary/aromatic N) is 6. The molecular formula is C12H18N10. The summed E-state index contributed by atoms with van der Waals surface area (Å²) in [5, 5.41) is 16.3. The van der Waals surface area contributed by atoms with Gasteiger partial charge in [-0.25, -0.2) is 11.7 Å². The minimum absolute atomic E-state index is 0.547. The van der Waals surface area contributed by atoms with Gasteiger partial charge in [0.25, 0.3) is 0 Å². The Balaban J connectivity index is 1.61. The maximum atomic E-state index is 5.28. The monoisotopic (exact) mass is 302 g/mol. The molecule has 0 saturated carbocycles. The molecular weight excluding hydrogens is 284 g/mol. The van der Waals surface area contributed by atoms with Crippen molar-refractivity contribution < 1.29 is 0 Å². The van der Waals surface area contributed by atoms with Crippen LogP contribution in [-0.4, -0.2) is 46.6 Å². The van der Waals surface area contributed by atoms with Crippen LogP contribution in [0.3, 0.4) is 0 Å². The van der Waals surface area contributed by atoms with Gasteiger partial charge in [-0.15, -0.1) is 20.4 Å². The normalized spacial score (nSPS) is 14.8. The minimum Gasteiger partial charge on any atom is -0.352 e. The van der Waals surface area contributed by atoms with Crippen molar-refractivity contribution in [3.05, 3.63) is 24.3 Å². The number of nitrogens with one attached hydrogen (secondary N) is 2. The second-order valence-electron chi connectivity index (χ2n) is 4.82. The molecule has 1 aliphatic rings. The lowest BCUT2D eigenvalue weighted by molar-refractivity contribution is 0.635. The summed E-state index contributed by atoms with van der Waals surface area (Å²) < 4.78 is 0. The maximum absolute atomic E-state index is 5.28. The zero-order valence-corrected chi connectivity index (χ0v) is 12.0. The van der Waals surface area contributed by atoms with Gasteiger partial charge in [0.15, 0.2) is 23.3 Å². The van der Waals surface area contributed by atoms with Crippen LogP contribution < -0.4 is 32.3 Å². The van der Waals surface area contributed by atoms with E-state index in [9.17, 15) is 0 Å². The van der Waals surface area contributed by atoms with Crippen molar-refractivity contribution in [2.45, 2.75) is 0 Å². The smallest absolute Gasteiger partial charge is 0.162 e. The third kappa shape index (κ3) is 2.97. The fourth-order valence-electron chi connectivity index (χ4n) is 2.31. The molecule has 0 aromatic carbocycles. The molecule has 10 nitrogen and oxygen atoms in total. The molecule has 0 unspecified atom stereocenters. The van der Waals surface area contributed by atoms with E-state index in [0.717, 1.165) is 37.8 Å². The van der Waals surface area contributed by atoms with Gasteiger partial charge in [0.05, 0.1) is 0 Å². The Morgan fingerprint density at radius 2 is 1.09 bits per heavy atom. The summed E-state index contributed by atoms with van der Waals surface area (Å²) in [5.41, 5.74) is 4.93. The average Bonchev–Trinajstić information content (AvgIpc) is 2.62. The fraction of sp³-hybridized carbons (Fsp3) is 0.333. The Morgan fingerprint density at radius 3 is 1.36 bits per heavy atom. The largest absolute Gasteiger partial charge is 0.352 e. The van der Waals surface area contributed by atoms with Crippen LogP contribution in [0, 0.1) is 0 Å². The van der Waals surface area contributed by atoms with Crippen LogP contribution in [0.5, 0.6) is 0 Å². The molecule has 3 heterocycles. The standard InChI is InChI=1S/C12H18N10/c13-15-9-1-3-11(19-17-9)21-5-7-22(8-6-21)12-4-2-10(16-14)18-20-12/h1-4H,5-8,13-14H2,(H,15,17)(H,16,18). The van der Waals surface area contributed by atoms with E-state index in [2.05, 4.69) is 41.0 Å². The molecule has 22 heavy (non-hydrogen) atoms. The van der Waals surface area contributed by atoms with Gasteiger partial charge in [0, 0.05) is 26.2 Å². The van der Waals surface area contributed by atoms with Crippen LogP contribution in [0.15, 0.2) is 24.3 Å². The van der Waals surface area contributed by atoms with E-state index >= 15 is 0 Å². The second kappa shape index (κ2) is 6.37. The number of hydrogen-bond acceptors (Lipinski definition) is 10. The molecule has 1 fully saturated rings. The van der Waals surface area contributed by atoms with Gasteiger partial charge >= 0.3 is 0 Å². The zero-order chi connectivity index (χ0) is 15.4. The highest BCUT2D eigenvalue weighted by atomic mass is 15.4. The minimum atomic E-state index is 0.547. The highest BCUT2D eigenvalue weighted by molar-refractivity contribution is 5.47. The van der Waals surface area contributed by atoms with E-state index in [1.165, 1.54) is 0 Å². The Hall–Kier alpha value is -2.72. The lowest BCUT2D eigenvalue weighted by atomic mass is 10.3. The van der Waals surface area contributed by atoms with Crippen molar-refractivity contribution >= 4 is 23.3 Å². The van der Waals surface area contributed by atoms with Crippen LogP contribution in [0.25, 0.3) is 0 Å². The molecule has 0 bridgehead atoms. The van der Waals surface area contributed by atoms with Crippen molar-refractivity contribution in [3.63, 3.8) is 0 Å². The predicted molar refractivity (Wildman–Crippen MR) is 84.1 cm³/mol. The van der Waals surface area contributed by atoms with Crippen molar-refractivity contribution in [1.82, 2.24) is 20.4 Å². The summed E-state index contributed by atoms with van der Waals surface area (Å²) in [6, 6.07) is 7.41. The molecule has 3 rings (SSSR count). The summed E-state index contributed by atoms with van der Waals surface area (Å²) in [7, 11) is 0. The molecule has 1 saturated heterocycles. The van der Waals surface area contributed by atoms with Gasteiger partial charge in [-0.3, -0.25) is 0 Å². The number of rotatable bonds is 4. The quantitative estimate of drug-likeness (QED) is 0.418. The lowest BCUT2D eigenvalue weighted by Gasteiger charge is -2.35. The van der Waals surface area contributed by atoms with Crippen LogP contribution in [0.4, 0.5) is 23.3 Å². The predicted octanol–water partition coefficient (Wildman–Crippen LogP) is -0.836. The Kier molecular flexibility index (Phi) is 4.12.